The van der Waals surface area contributed by atoms with Gasteiger partial charge in [0.2, 0.25) is 0 Å². The summed E-state index contributed by atoms with van der Waals surface area (Å²) < 4.78 is 11.3. The van der Waals surface area contributed by atoms with Crippen LogP contribution in [0.25, 0.3) is 0 Å². The van der Waals surface area contributed by atoms with Crippen molar-refractivity contribution in [3.05, 3.63) is 29.8 Å². The lowest BCUT2D eigenvalue weighted by atomic mass is 9.73. The zero-order chi connectivity index (χ0) is 12.5. The van der Waals surface area contributed by atoms with Gasteiger partial charge in [0.25, 0.3) is 5.24 Å². The number of hydrogen-bond donors (Lipinski definition) is 0. The van der Waals surface area contributed by atoms with Crippen LogP contribution in [0.1, 0.15) is 24.2 Å². The Morgan fingerprint density at radius 3 is 2.47 bits per heavy atom. The molecule has 17 heavy (non-hydrogen) atoms. The molecule has 0 unspecified atom stereocenters. The zero-order valence-electron chi connectivity index (χ0n) is 9.90. The van der Waals surface area contributed by atoms with Crippen molar-refractivity contribution in [1.29, 1.82) is 0 Å². The lowest BCUT2D eigenvalue weighted by molar-refractivity contribution is 0.0342. The highest BCUT2D eigenvalue weighted by Gasteiger charge is 2.35. The molecular weight excluding hydrogens is 238 g/mol. The summed E-state index contributed by atoms with van der Waals surface area (Å²) in [6, 6.07) is 7.09. The molecule has 1 aromatic carbocycles. The molecule has 0 N–H and O–H groups in total. The molecule has 0 atom stereocenters. The van der Waals surface area contributed by atoms with Crippen molar-refractivity contribution in [3.8, 4) is 0 Å². The summed E-state index contributed by atoms with van der Waals surface area (Å²) in [7, 11) is -0.498. The van der Waals surface area contributed by atoms with Crippen LogP contribution in [0.4, 0.5) is 0 Å². The maximum absolute atomic E-state index is 11.3. The molecule has 0 spiro atoms. The highest BCUT2D eigenvalue weighted by atomic mass is 35.5. The van der Waals surface area contributed by atoms with Crippen molar-refractivity contribution in [2.75, 3.05) is 13.2 Å². The first-order valence-electron chi connectivity index (χ1n) is 5.51. The summed E-state index contributed by atoms with van der Waals surface area (Å²) in [5.41, 5.74) is 1.15. The van der Waals surface area contributed by atoms with Crippen molar-refractivity contribution in [3.63, 3.8) is 0 Å². The summed E-state index contributed by atoms with van der Waals surface area (Å²) >= 11 is 5.53. The van der Waals surface area contributed by atoms with E-state index < -0.39 is 12.4 Å². The van der Waals surface area contributed by atoms with Crippen LogP contribution < -0.4 is 5.46 Å². The standard InChI is InChI=1S/C12H14BClO3/c1-12(2)7-16-13(17-8-12)10-6-4-3-5-9(10)11(14)15/h3-6H,7-8H2,1-2H3. The molecular formula is C12H14BClO3. The molecule has 0 saturated carbocycles. The zero-order valence-corrected chi connectivity index (χ0v) is 10.7. The van der Waals surface area contributed by atoms with Crippen LogP contribution in [0.5, 0.6) is 0 Å². The van der Waals surface area contributed by atoms with Gasteiger partial charge in [-0.2, -0.15) is 0 Å². The quantitative estimate of drug-likeness (QED) is 0.595. The molecule has 0 amide bonds. The molecule has 1 aliphatic heterocycles. The van der Waals surface area contributed by atoms with E-state index in [1.54, 1.807) is 18.2 Å². The van der Waals surface area contributed by atoms with Crippen LogP contribution >= 0.6 is 11.6 Å². The third-order valence-electron chi connectivity index (χ3n) is 2.68. The molecule has 1 saturated heterocycles. The molecule has 90 valence electrons. The number of carbonyl (C=O) groups is 1. The van der Waals surface area contributed by atoms with Crippen molar-refractivity contribution >= 4 is 29.4 Å². The van der Waals surface area contributed by atoms with Crippen LogP contribution in [-0.2, 0) is 9.31 Å². The van der Waals surface area contributed by atoms with Crippen LogP contribution in [0.2, 0.25) is 0 Å². The second-order valence-electron chi connectivity index (χ2n) is 4.98. The summed E-state index contributed by atoms with van der Waals surface area (Å²) in [4.78, 5) is 11.3. The second kappa shape index (κ2) is 4.80. The molecule has 2 rings (SSSR count). The minimum atomic E-state index is -0.498. The Balaban J connectivity index is 2.21. The predicted octanol–water partition coefficient (Wildman–Crippen LogP) is 1.83. The fraction of sp³-hybridized carbons (Fsp3) is 0.417. The monoisotopic (exact) mass is 252 g/mol. The maximum atomic E-state index is 11.3. The minimum Gasteiger partial charge on any atom is -0.407 e. The molecule has 0 aromatic heterocycles. The average Bonchev–Trinajstić information content (AvgIpc) is 2.29. The summed E-state index contributed by atoms with van der Waals surface area (Å²) in [5.74, 6) is 0. The molecule has 1 aliphatic rings. The third-order valence-corrected chi connectivity index (χ3v) is 2.88. The minimum absolute atomic E-state index is 0.0103. The molecule has 0 radical (unpaired) electrons. The Morgan fingerprint density at radius 2 is 1.88 bits per heavy atom. The van der Waals surface area contributed by atoms with E-state index in [1.165, 1.54) is 0 Å². The molecule has 1 aromatic rings. The number of hydrogen-bond acceptors (Lipinski definition) is 3. The largest absolute Gasteiger partial charge is 0.494 e. The van der Waals surface area contributed by atoms with E-state index in [-0.39, 0.29) is 5.41 Å². The lowest BCUT2D eigenvalue weighted by Crippen LogP contribution is -2.48. The van der Waals surface area contributed by atoms with Gasteiger partial charge in [-0.15, -0.1) is 0 Å². The normalized spacial score (nSPS) is 19.1. The van der Waals surface area contributed by atoms with E-state index in [9.17, 15) is 4.79 Å². The van der Waals surface area contributed by atoms with E-state index in [0.29, 0.717) is 24.2 Å². The maximum Gasteiger partial charge on any atom is 0.494 e. The molecule has 1 fully saturated rings. The van der Waals surface area contributed by atoms with Gasteiger partial charge in [0.15, 0.2) is 0 Å². The first-order chi connectivity index (χ1) is 7.99. The SMILES string of the molecule is CC1(C)COB(c2ccccc2C(=O)Cl)OC1. The average molecular weight is 253 g/mol. The molecule has 0 bridgehead atoms. The number of carbonyl (C=O) groups excluding carboxylic acids is 1. The first-order valence-corrected chi connectivity index (χ1v) is 5.89. The van der Waals surface area contributed by atoms with E-state index in [1.807, 2.05) is 6.07 Å². The third kappa shape index (κ3) is 2.89. The van der Waals surface area contributed by atoms with Gasteiger partial charge in [0.1, 0.15) is 0 Å². The fourth-order valence-corrected chi connectivity index (χ4v) is 1.93. The number of benzene rings is 1. The van der Waals surface area contributed by atoms with Crippen LogP contribution in [0, 0.1) is 5.41 Å². The van der Waals surface area contributed by atoms with Gasteiger partial charge in [-0.05, 0) is 17.1 Å². The Labute approximate surface area is 106 Å². The van der Waals surface area contributed by atoms with E-state index in [0.717, 1.165) is 0 Å². The van der Waals surface area contributed by atoms with Crippen LogP contribution in [0.15, 0.2) is 24.3 Å². The highest BCUT2D eigenvalue weighted by molar-refractivity contribution is 6.72. The van der Waals surface area contributed by atoms with Crippen LogP contribution in [0.3, 0.4) is 0 Å². The molecule has 1 heterocycles. The van der Waals surface area contributed by atoms with E-state index in [2.05, 4.69) is 13.8 Å². The van der Waals surface area contributed by atoms with Gasteiger partial charge < -0.3 is 9.31 Å². The Hall–Kier alpha value is -0.835. The Kier molecular flexibility index (Phi) is 3.57. The van der Waals surface area contributed by atoms with Gasteiger partial charge in [0.05, 0.1) is 0 Å². The predicted molar refractivity (Wildman–Crippen MR) is 67.7 cm³/mol. The summed E-state index contributed by atoms with van der Waals surface area (Å²) in [6.07, 6.45) is 0. The molecule has 5 heteroatoms. The molecule has 3 nitrogen and oxygen atoms in total. The van der Waals surface area contributed by atoms with Crippen LogP contribution in [-0.4, -0.2) is 25.6 Å². The van der Waals surface area contributed by atoms with Crippen molar-refractivity contribution < 1.29 is 14.1 Å². The second-order valence-corrected chi connectivity index (χ2v) is 5.32. The van der Waals surface area contributed by atoms with Crippen molar-refractivity contribution in [2.45, 2.75) is 13.8 Å². The van der Waals surface area contributed by atoms with Gasteiger partial charge >= 0.3 is 7.12 Å². The van der Waals surface area contributed by atoms with Gasteiger partial charge in [-0.25, -0.2) is 0 Å². The fourth-order valence-electron chi connectivity index (χ4n) is 1.75. The van der Waals surface area contributed by atoms with Gasteiger partial charge in [0, 0.05) is 24.2 Å². The van der Waals surface area contributed by atoms with Crippen molar-refractivity contribution in [1.82, 2.24) is 0 Å². The topological polar surface area (TPSA) is 35.5 Å². The molecule has 0 aliphatic carbocycles. The Bertz CT molecular complexity index is 424. The lowest BCUT2D eigenvalue weighted by Gasteiger charge is -2.33. The summed E-state index contributed by atoms with van der Waals surface area (Å²) in [5, 5.41) is -0.488. The highest BCUT2D eigenvalue weighted by Crippen LogP contribution is 2.21. The smallest absolute Gasteiger partial charge is 0.407 e. The summed E-state index contributed by atoms with van der Waals surface area (Å²) in [6.45, 7) is 5.34. The number of halogens is 1. The van der Waals surface area contributed by atoms with Gasteiger partial charge in [-0.1, -0.05) is 38.1 Å². The Morgan fingerprint density at radius 1 is 1.29 bits per heavy atom. The van der Waals surface area contributed by atoms with Gasteiger partial charge in [-0.3, -0.25) is 4.79 Å². The van der Waals surface area contributed by atoms with E-state index in [4.69, 9.17) is 20.9 Å². The van der Waals surface area contributed by atoms with E-state index >= 15 is 0 Å². The first kappa shape index (κ1) is 12.6. The number of rotatable bonds is 2. The van der Waals surface area contributed by atoms with Crippen molar-refractivity contribution in [2.24, 2.45) is 5.41 Å².